The van der Waals surface area contributed by atoms with Crippen molar-refractivity contribution in [1.82, 2.24) is 4.90 Å². The molecule has 0 saturated heterocycles. The zero-order chi connectivity index (χ0) is 15.8. The first-order valence-corrected chi connectivity index (χ1v) is 6.33. The molecule has 0 aliphatic heterocycles. The molecule has 1 rings (SSSR count). The van der Waals surface area contributed by atoms with Crippen molar-refractivity contribution in [2.24, 2.45) is 5.41 Å². The Kier molecular flexibility index (Phi) is 4.65. The van der Waals surface area contributed by atoms with Crippen molar-refractivity contribution in [2.45, 2.75) is 57.4 Å². The molecule has 0 bridgehead atoms. The maximum Gasteiger partial charge on any atom is 0.411 e. The zero-order valence-corrected chi connectivity index (χ0v) is 11.2. The molecule has 118 valence electrons. The highest BCUT2D eigenvalue weighted by atomic mass is 19.4. The predicted octanol–water partition coefficient (Wildman–Crippen LogP) is 3.91. The monoisotopic (exact) mass is 305 g/mol. The highest BCUT2D eigenvalue weighted by Crippen LogP contribution is 2.51. The van der Waals surface area contributed by atoms with Crippen molar-refractivity contribution < 1.29 is 31.1 Å². The number of hydrogen-bond acceptors (Lipinski definition) is 1. The summed E-state index contributed by atoms with van der Waals surface area (Å²) in [6, 6.07) is -0.555. The van der Waals surface area contributed by atoms with Gasteiger partial charge in [0.15, 0.2) is 0 Å². The molecule has 0 radical (unpaired) electrons. The second kappa shape index (κ2) is 5.44. The lowest BCUT2D eigenvalue weighted by molar-refractivity contribution is -0.322. The van der Waals surface area contributed by atoms with Crippen LogP contribution >= 0.6 is 0 Å². The molecule has 1 saturated carbocycles. The third-order valence-electron chi connectivity index (χ3n) is 4.00. The van der Waals surface area contributed by atoms with Crippen LogP contribution in [0.3, 0.4) is 0 Å². The van der Waals surface area contributed by atoms with Crippen LogP contribution in [0.2, 0.25) is 0 Å². The molecule has 1 fully saturated rings. The summed E-state index contributed by atoms with van der Waals surface area (Å²) in [5.74, 6) is -1.93. The minimum Gasteiger partial charge on any atom is -0.342 e. The van der Waals surface area contributed by atoms with Crippen LogP contribution in [0.25, 0.3) is 0 Å². The molecule has 1 amide bonds. The Morgan fingerprint density at radius 1 is 0.950 bits per heavy atom. The third kappa shape index (κ3) is 2.88. The molecular weight excluding hydrogens is 288 g/mol. The Labute approximate surface area is 113 Å². The number of halogens is 6. The Morgan fingerprint density at radius 2 is 1.35 bits per heavy atom. The van der Waals surface area contributed by atoms with Gasteiger partial charge in [-0.05, 0) is 19.8 Å². The van der Waals surface area contributed by atoms with Gasteiger partial charge in [-0.25, -0.2) is 0 Å². The van der Waals surface area contributed by atoms with E-state index >= 15 is 0 Å². The van der Waals surface area contributed by atoms with Gasteiger partial charge in [0.05, 0.1) is 0 Å². The van der Waals surface area contributed by atoms with Gasteiger partial charge in [-0.2, -0.15) is 26.3 Å². The Hall–Kier alpha value is -0.950. The van der Waals surface area contributed by atoms with Gasteiger partial charge < -0.3 is 4.90 Å². The molecule has 0 atom stereocenters. The summed E-state index contributed by atoms with van der Waals surface area (Å²) in [5, 5.41) is 0. The molecule has 0 aromatic rings. The molecule has 0 spiro atoms. The number of hydrogen-bond donors (Lipinski definition) is 0. The fourth-order valence-corrected chi connectivity index (χ4v) is 2.39. The zero-order valence-electron chi connectivity index (χ0n) is 11.2. The smallest absolute Gasteiger partial charge is 0.342 e. The first-order chi connectivity index (χ1) is 8.93. The average Bonchev–Trinajstić information content (AvgIpc) is 2.34. The Bertz CT molecular complexity index is 342. The van der Waals surface area contributed by atoms with Crippen LogP contribution in [0.1, 0.15) is 39.0 Å². The van der Waals surface area contributed by atoms with E-state index in [4.69, 9.17) is 0 Å². The van der Waals surface area contributed by atoms with Gasteiger partial charge in [-0.3, -0.25) is 4.79 Å². The van der Waals surface area contributed by atoms with Crippen LogP contribution < -0.4 is 0 Å². The van der Waals surface area contributed by atoms with E-state index in [1.165, 1.54) is 0 Å². The van der Waals surface area contributed by atoms with Crippen LogP contribution in [0.15, 0.2) is 0 Å². The fraction of sp³-hybridized carbons (Fsp3) is 0.917. The summed E-state index contributed by atoms with van der Waals surface area (Å²) in [6.07, 6.45) is -8.18. The van der Waals surface area contributed by atoms with Crippen LogP contribution in [0.4, 0.5) is 26.3 Å². The lowest BCUT2D eigenvalue weighted by Gasteiger charge is -2.39. The van der Waals surface area contributed by atoms with Gasteiger partial charge in [-0.1, -0.05) is 19.3 Å². The average molecular weight is 305 g/mol. The molecule has 0 aromatic carbocycles. The lowest BCUT2D eigenvalue weighted by Crippen LogP contribution is -2.59. The minimum atomic E-state index is -5.68. The summed E-state index contributed by atoms with van der Waals surface area (Å²) >= 11 is 0. The molecule has 1 aliphatic carbocycles. The number of carbonyl (C=O) groups excluding carboxylic acids is 1. The fourth-order valence-electron chi connectivity index (χ4n) is 2.39. The standard InChI is InChI=1S/C12H17F6NO/c1-10(11(13,14)15,12(16,17)18)9(20)19(2)8-6-4-3-5-7-8/h8H,3-7H2,1-2H3. The summed E-state index contributed by atoms with van der Waals surface area (Å²) < 4.78 is 76.9. The number of amides is 1. The first kappa shape index (κ1) is 17.1. The molecule has 0 aromatic heterocycles. The summed E-state index contributed by atoms with van der Waals surface area (Å²) in [4.78, 5) is 12.5. The number of nitrogens with zero attached hydrogens (tertiary/aromatic N) is 1. The molecule has 0 heterocycles. The number of rotatable bonds is 2. The van der Waals surface area contributed by atoms with E-state index in [-0.39, 0.29) is 6.92 Å². The normalized spacial score (nSPS) is 19.0. The van der Waals surface area contributed by atoms with Gasteiger partial charge in [0.25, 0.3) is 0 Å². The van der Waals surface area contributed by atoms with Gasteiger partial charge in [-0.15, -0.1) is 0 Å². The molecule has 1 aliphatic rings. The van der Waals surface area contributed by atoms with Crippen LogP contribution in [0.5, 0.6) is 0 Å². The van der Waals surface area contributed by atoms with Crippen molar-refractivity contribution in [3.63, 3.8) is 0 Å². The topological polar surface area (TPSA) is 20.3 Å². The quantitative estimate of drug-likeness (QED) is 0.708. The molecule has 8 heteroatoms. The molecule has 0 N–H and O–H groups in total. The maximum atomic E-state index is 12.8. The highest BCUT2D eigenvalue weighted by molar-refractivity contribution is 5.84. The molecule has 2 nitrogen and oxygen atoms in total. The van der Waals surface area contributed by atoms with Crippen LogP contribution in [0, 0.1) is 5.41 Å². The molecule has 0 unspecified atom stereocenters. The third-order valence-corrected chi connectivity index (χ3v) is 4.00. The van der Waals surface area contributed by atoms with Crippen molar-refractivity contribution in [3.05, 3.63) is 0 Å². The van der Waals surface area contributed by atoms with Crippen molar-refractivity contribution in [1.29, 1.82) is 0 Å². The Morgan fingerprint density at radius 3 is 1.70 bits per heavy atom. The van der Waals surface area contributed by atoms with Crippen LogP contribution in [-0.4, -0.2) is 36.2 Å². The maximum absolute atomic E-state index is 12.8. The molecule has 20 heavy (non-hydrogen) atoms. The van der Waals surface area contributed by atoms with Crippen molar-refractivity contribution in [2.75, 3.05) is 7.05 Å². The lowest BCUT2D eigenvalue weighted by atomic mass is 9.85. The van der Waals surface area contributed by atoms with Gasteiger partial charge in [0, 0.05) is 13.1 Å². The summed E-state index contributed by atoms with van der Waals surface area (Å²) in [5.41, 5.74) is -4.35. The van der Waals surface area contributed by atoms with Gasteiger partial charge in [0.1, 0.15) is 0 Å². The predicted molar refractivity (Wildman–Crippen MR) is 59.9 cm³/mol. The largest absolute Gasteiger partial charge is 0.411 e. The van der Waals surface area contributed by atoms with E-state index in [2.05, 4.69) is 0 Å². The molecular formula is C12H17F6NO. The Balaban J connectivity index is 3.06. The van der Waals surface area contributed by atoms with Crippen molar-refractivity contribution in [3.8, 4) is 0 Å². The van der Waals surface area contributed by atoms with E-state index in [9.17, 15) is 31.1 Å². The highest BCUT2D eigenvalue weighted by Gasteiger charge is 2.73. The second-order valence-corrected chi connectivity index (χ2v) is 5.33. The van der Waals surface area contributed by atoms with E-state index < -0.39 is 29.7 Å². The van der Waals surface area contributed by atoms with Crippen molar-refractivity contribution >= 4 is 5.91 Å². The second-order valence-electron chi connectivity index (χ2n) is 5.33. The first-order valence-electron chi connectivity index (χ1n) is 6.33. The van der Waals surface area contributed by atoms with E-state index in [0.29, 0.717) is 30.6 Å². The number of carbonyl (C=O) groups is 1. The minimum absolute atomic E-state index is 0.0886. The van der Waals surface area contributed by atoms with E-state index in [1.807, 2.05) is 0 Å². The van der Waals surface area contributed by atoms with Gasteiger partial charge in [0.2, 0.25) is 11.3 Å². The summed E-state index contributed by atoms with van der Waals surface area (Å²) in [7, 11) is 1.02. The van der Waals surface area contributed by atoms with Gasteiger partial charge >= 0.3 is 12.4 Å². The summed E-state index contributed by atoms with van der Waals surface area (Å²) in [6.45, 7) is -0.0886. The van der Waals surface area contributed by atoms with E-state index in [0.717, 1.165) is 13.5 Å². The number of alkyl halides is 6. The van der Waals surface area contributed by atoms with Crippen LogP contribution in [-0.2, 0) is 4.79 Å². The SMILES string of the molecule is CN(C(=O)C(C)(C(F)(F)F)C(F)(F)F)C1CCCCC1. The van der Waals surface area contributed by atoms with E-state index in [1.54, 1.807) is 0 Å².